The van der Waals surface area contributed by atoms with Crippen LogP contribution in [0.3, 0.4) is 0 Å². The number of carbonyl (C=O) groups is 2. The van der Waals surface area contributed by atoms with Gasteiger partial charge in [-0.05, 0) is 24.1 Å². The summed E-state index contributed by atoms with van der Waals surface area (Å²) in [7, 11) is 0. The summed E-state index contributed by atoms with van der Waals surface area (Å²) in [6, 6.07) is 5.72. The van der Waals surface area contributed by atoms with E-state index in [1.165, 1.54) is 0 Å². The van der Waals surface area contributed by atoms with Crippen LogP contribution in [0.15, 0.2) is 18.2 Å². The third-order valence-electron chi connectivity index (χ3n) is 4.67. The predicted octanol–water partition coefficient (Wildman–Crippen LogP) is 1.86. The van der Waals surface area contributed by atoms with E-state index in [0.29, 0.717) is 45.7 Å². The SMILES string of the molecule is CCC(=O)N1CCCN(C(=O)Cc2ccc3c(c2)OCCCO3)CC1. The zero-order valence-corrected chi connectivity index (χ0v) is 14.8. The van der Waals surface area contributed by atoms with Crippen molar-refractivity contribution in [3.8, 4) is 11.5 Å². The first-order valence-electron chi connectivity index (χ1n) is 9.11. The Morgan fingerprint density at radius 2 is 1.60 bits per heavy atom. The van der Waals surface area contributed by atoms with Crippen LogP contribution in [-0.2, 0) is 16.0 Å². The van der Waals surface area contributed by atoms with Crippen molar-refractivity contribution in [2.75, 3.05) is 39.4 Å². The minimum atomic E-state index is 0.0975. The van der Waals surface area contributed by atoms with Crippen molar-refractivity contribution < 1.29 is 19.1 Å². The monoisotopic (exact) mass is 346 g/mol. The van der Waals surface area contributed by atoms with E-state index in [1.54, 1.807) is 0 Å². The maximum Gasteiger partial charge on any atom is 0.227 e. The second kappa shape index (κ2) is 8.23. The fourth-order valence-electron chi connectivity index (χ4n) is 3.24. The molecule has 2 heterocycles. The highest BCUT2D eigenvalue weighted by Crippen LogP contribution is 2.30. The first-order valence-corrected chi connectivity index (χ1v) is 9.11. The molecule has 0 aromatic heterocycles. The van der Waals surface area contributed by atoms with Crippen LogP contribution >= 0.6 is 0 Å². The molecule has 0 radical (unpaired) electrons. The highest BCUT2D eigenvalue weighted by Gasteiger charge is 2.21. The van der Waals surface area contributed by atoms with E-state index >= 15 is 0 Å². The van der Waals surface area contributed by atoms with Gasteiger partial charge in [0.2, 0.25) is 11.8 Å². The number of rotatable bonds is 3. The van der Waals surface area contributed by atoms with Crippen molar-refractivity contribution in [1.29, 1.82) is 0 Å². The second-order valence-electron chi connectivity index (χ2n) is 6.48. The number of hydrogen-bond donors (Lipinski definition) is 0. The summed E-state index contributed by atoms with van der Waals surface area (Å²) >= 11 is 0. The first-order chi connectivity index (χ1) is 12.2. The van der Waals surface area contributed by atoms with Crippen LogP contribution in [0.5, 0.6) is 11.5 Å². The van der Waals surface area contributed by atoms with Gasteiger partial charge < -0.3 is 19.3 Å². The molecule has 6 heteroatoms. The molecule has 0 atom stereocenters. The lowest BCUT2D eigenvalue weighted by Crippen LogP contribution is -2.37. The average molecular weight is 346 g/mol. The Balaban J connectivity index is 1.60. The Morgan fingerprint density at radius 1 is 0.920 bits per heavy atom. The van der Waals surface area contributed by atoms with Crippen LogP contribution in [0.4, 0.5) is 0 Å². The second-order valence-corrected chi connectivity index (χ2v) is 6.48. The van der Waals surface area contributed by atoms with Gasteiger partial charge in [-0.1, -0.05) is 13.0 Å². The van der Waals surface area contributed by atoms with Gasteiger partial charge in [0, 0.05) is 39.0 Å². The molecule has 0 unspecified atom stereocenters. The number of nitrogens with zero attached hydrogens (tertiary/aromatic N) is 2. The van der Waals surface area contributed by atoms with Gasteiger partial charge in [0.15, 0.2) is 11.5 Å². The normalized spacial score (nSPS) is 17.6. The fourth-order valence-corrected chi connectivity index (χ4v) is 3.24. The van der Waals surface area contributed by atoms with Crippen molar-refractivity contribution in [2.24, 2.45) is 0 Å². The van der Waals surface area contributed by atoms with E-state index in [9.17, 15) is 9.59 Å². The van der Waals surface area contributed by atoms with Crippen molar-refractivity contribution in [3.05, 3.63) is 23.8 Å². The van der Waals surface area contributed by atoms with Gasteiger partial charge in [-0.3, -0.25) is 9.59 Å². The summed E-state index contributed by atoms with van der Waals surface area (Å²) in [5.74, 6) is 1.73. The van der Waals surface area contributed by atoms with E-state index in [4.69, 9.17) is 9.47 Å². The molecule has 1 saturated heterocycles. The summed E-state index contributed by atoms with van der Waals surface area (Å²) in [6.07, 6.45) is 2.56. The lowest BCUT2D eigenvalue weighted by atomic mass is 10.1. The van der Waals surface area contributed by atoms with Gasteiger partial charge in [-0.25, -0.2) is 0 Å². The van der Waals surface area contributed by atoms with Crippen molar-refractivity contribution in [1.82, 2.24) is 9.80 Å². The summed E-state index contributed by atoms with van der Waals surface area (Å²) in [6.45, 7) is 5.84. The topological polar surface area (TPSA) is 59.1 Å². The molecule has 0 aliphatic carbocycles. The summed E-state index contributed by atoms with van der Waals surface area (Å²) in [5.41, 5.74) is 0.931. The molecular weight excluding hydrogens is 320 g/mol. The van der Waals surface area contributed by atoms with Crippen molar-refractivity contribution in [2.45, 2.75) is 32.6 Å². The molecule has 0 N–H and O–H groups in total. The summed E-state index contributed by atoms with van der Waals surface area (Å²) < 4.78 is 11.3. The van der Waals surface area contributed by atoms with Gasteiger partial charge >= 0.3 is 0 Å². The van der Waals surface area contributed by atoms with E-state index in [1.807, 2.05) is 34.9 Å². The van der Waals surface area contributed by atoms with Gasteiger partial charge in [0.05, 0.1) is 19.6 Å². The Bertz CT molecular complexity index is 632. The summed E-state index contributed by atoms with van der Waals surface area (Å²) in [5, 5.41) is 0. The number of ether oxygens (including phenoxy) is 2. The van der Waals surface area contributed by atoms with E-state index in [2.05, 4.69) is 0 Å². The maximum absolute atomic E-state index is 12.7. The number of amides is 2. The predicted molar refractivity (Wildman–Crippen MR) is 93.8 cm³/mol. The smallest absolute Gasteiger partial charge is 0.227 e. The number of fused-ring (bicyclic) bond motifs is 1. The molecule has 0 bridgehead atoms. The standard InChI is InChI=1S/C19H26N2O4/c1-2-18(22)20-7-3-8-21(10-9-20)19(23)14-15-5-6-16-17(13-15)25-12-4-11-24-16/h5-6,13H,2-4,7-12,14H2,1H3. The first kappa shape index (κ1) is 17.6. The lowest BCUT2D eigenvalue weighted by Gasteiger charge is -2.22. The Hall–Kier alpha value is -2.24. The van der Waals surface area contributed by atoms with Crippen molar-refractivity contribution >= 4 is 11.8 Å². The quantitative estimate of drug-likeness (QED) is 0.838. The van der Waals surface area contributed by atoms with Crippen molar-refractivity contribution in [3.63, 3.8) is 0 Å². The van der Waals surface area contributed by atoms with Gasteiger partial charge in [-0.15, -0.1) is 0 Å². The molecule has 136 valence electrons. The Labute approximate surface area is 148 Å². The lowest BCUT2D eigenvalue weighted by molar-refractivity contribution is -0.133. The average Bonchev–Trinajstić information content (AvgIpc) is 3.01. The minimum Gasteiger partial charge on any atom is -0.490 e. The molecule has 1 fully saturated rings. The third kappa shape index (κ3) is 4.44. The number of carbonyl (C=O) groups excluding carboxylic acids is 2. The van der Waals surface area contributed by atoms with Gasteiger partial charge in [-0.2, -0.15) is 0 Å². The van der Waals surface area contributed by atoms with E-state index < -0.39 is 0 Å². The molecule has 2 amide bonds. The molecule has 3 rings (SSSR count). The minimum absolute atomic E-state index is 0.0975. The molecule has 1 aromatic carbocycles. The molecule has 6 nitrogen and oxygen atoms in total. The van der Waals surface area contributed by atoms with Gasteiger partial charge in [0.1, 0.15) is 0 Å². The van der Waals surface area contributed by atoms with Crippen LogP contribution in [0.25, 0.3) is 0 Å². The number of hydrogen-bond acceptors (Lipinski definition) is 4. The largest absolute Gasteiger partial charge is 0.490 e. The molecule has 2 aliphatic heterocycles. The molecule has 0 spiro atoms. The van der Waals surface area contributed by atoms with Crippen LogP contribution in [0.2, 0.25) is 0 Å². The van der Waals surface area contributed by atoms with Crippen LogP contribution in [-0.4, -0.2) is 61.0 Å². The van der Waals surface area contributed by atoms with Crippen LogP contribution in [0.1, 0.15) is 31.7 Å². The highest BCUT2D eigenvalue weighted by molar-refractivity contribution is 5.79. The van der Waals surface area contributed by atoms with E-state index in [0.717, 1.165) is 36.4 Å². The van der Waals surface area contributed by atoms with Crippen LogP contribution < -0.4 is 9.47 Å². The molecule has 0 saturated carbocycles. The number of benzene rings is 1. The zero-order chi connectivity index (χ0) is 17.6. The molecule has 1 aromatic rings. The third-order valence-corrected chi connectivity index (χ3v) is 4.67. The zero-order valence-electron chi connectivity index (χ0n) is 14.8. The van der Waals surface area contributed by atoms with Gasteiger partial charge in [0.25, 0.3) is 0 Å². The molecule has 25 heavy (non-hydrogen) atoms. The molecular formula is C19H26N2O4. The Morgan fingerprint density at radius 3 is 2.32 bits per heavy atom. The maximum atomic E-state index is 12.7. The fraction of sp³-hybridized carbons (Fsp3) is 0.579. The Kier molecular flexibility index (Phi) is 5.79. The van der Waals surface area contributed by atoms with E-state index in [-0.39, 0.29) is 11.8 Å². The molecule has 2 aliphatic rings. The summed E-state index contributed by atoms with van der Waals surface area (Å²) in [4.78, 5) is 28.2. The highest BCUT2D eigenvalue weighted by atomic mass is 16.5. The van der Waals surface area contributed by atoms with Crippen LogP contribution in [0, 0.1) is 0 Å².